The van der Waals surface area contributed by atoms with Crippen LogP contribution in [-0.4, -0.2) is 16.5 Å². The first kappa shape index (κ1) is 13.5. The van der Waals surface area contributed by atoms with Gasteiger partial charge in [0.05, 0.1) is 12.2 Å². The Kier molecular flexibility index (Phi) is 4.47. The summed E-state index contributed by atoms with van der Waals surface area (Å²) in [5.41, 5.74) is 10.1. The van der Waals surface area contributed by atoms with Crippen molar-refractivity contribution in [3.05, 3.63) is 53.6 Å². The van der Waals surface area contributed by atoms with Crippen molar-refractivity contribution in [1.82, 2.24) is 9.97 Å². The molecule has 2 N–H and O–H groups in total. The molecular formula is C15H20N4. The summed E-state index contributed by atoms with van der Waals surface area (Å²) in [6.45, 7) is 6.34. The second kappa shape index (κ2) is 6.29. The summed E-state index contributed by atoms with van der Waals surface area (Å²) >= 11 is 0. The summed E-state index contributed by atoms with van der Waals surface area (Å²) < 4.78 is 0. The molecule has 0 aliphatic heterocycles. The molecule has 2 aromatic rings. The minimum atomic E-state index is 0.501. The lowest BCUT2D eigenvalue weighted by Gasteiger charge is -2.25. The van der Waals surface area contributed by atoms with Crippen LogP contribution in [-0.2, 0) is 13.1 Å². The molecule has 0 aliphatic rings. The zero-order valence-electron chi connectivity index (χ0n) is 11.5. The van der Waals surface area contributed by atoms with Gasteiger partial charge in [-0.2, -0.15) is 0 Å². The van der Waals surface area contributed by atoms with E-state index >= 15 is 0 Å². The summed E-state index contributed by atoms with van der Waals surface area (Å²) in [6.07, 6.45) is 3.64. The van der Waals surface area contributed by atoms with E-state index in [0.29, 0.717) is 6.54 Å². The summed E-state index contributed by atoms with van der Waals surface area (Å²) in [4.78, 5) is 11.0. The van der Waals surface area contributed by atoms with E-state index < -0.39 is 0 Å². The van der Waals surface area contributed by atoms with Gasteiger partial charge in [-0.25, -0.2) is 0 Å². The lowest BCUT2D eigenvalue weighted by molar-refractivity contribution is 0.795. The topological polar surface area (TPSA) is 55.0 Å². The van der Waals surface area contributed by atoms with Gasteiger partial charge in [-0.3, -0.25) is 9.97 Å². The Bertz CT molecular complexity index is 539. The molecule has 2 aromatic heterocycles. The summed E-state index contributed by atoms with van der Waals surface area (Å²) in [5.74, 6) is 0. The van der Waals surface area contributed by atoms with Crippen LogP contribution in [0.15, 0.2) is 36.7 Å². The van der Waals surface area contributed by atoms with E-state index in [1.807, 2.05) is 31.3 Å². The van der Waals surface area contributed by atoms with Crippen molar-refractivity contribution < 1.29 is 0 Å². The van der Waals surface area contributed by atoms with E-state index in [-0.39, 0.29) is 0 Å². The quantitative estimate of drug-likeness (QED) is 0.891. The second-order valence-corrected chi connectivity index (χ2v) is 4.49. The Morgan fingerprint density at radius 3 is 2.79 bits per heavy atom. The summed E-state index contributed by atoms with van der Waals surface area (Å²) in [7, 11) is 0. The van der Waals surface area contributed by atoms with Gasteiger partial charge in [-0.15, -0.1) is 0 Å². The third-order valence-electron chi connectivity index (χ3n) is 3.12. The van der Waals surface area contributed by atoms with Crippen molar-refractivity contribution in [1.29, 1.82) is 0 Å². The third-order valence-corrected chi connectivity index (χ3v) is 3.12. The predicted octanol–water partition coefficient (Wildman–Crippen LogP) is 2.27. The van der Waals surface area contributed by atoms with Crippen molar-refractivity contribution in [2.45, 2.75) is 26.9 Å². The Hall–Kier alpha value is -1.94. The molecule has 0 saturated carbocycles. The molecule has 4 nitrogen and oxygen atoms in total. The lowest BCUT2D eigenvalue weighted by atomic mass is 10.2. The molecule has 0 aromatic carbocycles. The van der Waals surface area contributed by atoms with Gasteiger partial charge < -0.3 is 10.6 Å². The van der Waals surface area contributed by atoms with Gasteiger partial charge in [-0.1, -0.05) is 6.07 Å². The SMILES string of the molecule is CCN(Cc1cccc(C)n1)c1ccncc1CN. The van der Waals surface area contributed by atoms with Crippen molar-refractivity contribution >= 4 is 5.69 Å². The van der Waals surface area contributed by atoms with Crippen LogP contribution >= 0.6 is 0 Å². The van der Waals surface area contributed by atoms with Crippen LogP contribution in [0.1, 0.15) is 23.9 Å². The number of nitrogens with zero attached hydrogens (tertiary/aromatic N) is 3. The molecule has 0 aliphatic carbocycles. The van der Waals surface area contributed by atoms with Gasteiger partial charge >= 0.3 is 0 Å². The lowest BCUT2D eigenvalue weighted by Crippen LogP contribution is -2.24. The maximum Gasteiger partial charge on any atom is 0.0602 e. The first-order valence-electron chi connectivity index (χ1n) is 6.55. The van der Waals surface area contributed by atoms with E-state index in [2.05, 4.69) is 27.9 Å². The van der Waals surface area contributed by atoms with Crippen molar-refractivity contribution in [3.8, 4) is 0 Å². The zero-order valence-corrected chi connectivity index (χ0v) is 11.5. The zero-order chi connectivity index (χ0) is 13.7. The maximum absolute atomic E-state index is 5.78. The smallest absolute Gasteiger partial charge is 0.0602 e. The first-order chi connectivity index (χ1) is 9.24. The molecular weight excluding hydrogens is 236 g/mol. The second-order valence-electron chi connectivity index (χ2n) is 4.49. The molecule has 2 heterocycles. The van der Waals surface area contributed by atoms with Crippen LogP contribution < -0.4 is 10.6 Å². The number of aryl methyl sites for hydroxylation is 1. The van der Waals surface area contributed by atoms with Gasteiger partial charge in [0.25, 0.3) is 0 Å². The maximum atomic E-state index is 5.78. The number of hydrogen-bond acceptors (Lipinski definition) is 4. The number of anilines is 1. The fourth-order valence-electron chi connectivity index (χ4n) is 2.14. The molecule has 4 heteroatoms. The van der Waals surface area contributed by atoms with Crippen LogP contribution in [0.3, 0.4) is 0 Å². The van der Waals surface area contributed by atoms with E-state index in [1.54, 1.807) is 6.20 Å². The van der Waals surface area contributed by atoms with Gasteiger partial charge in [0.1, 0.15) is 0 Å². The Morgan fingerprint density at radius 1 is 1.26 bits per heavy atom. The van der Waals surface area contributed by atoms with Crippen LogP contribution in [0.4, 0.5) is 5.69 Å². The molecule has 0 radical (unpaired) electrons. The molecule has 0 fully saturated rings. The van der Waals surface area contributed by atoms with E-state index in [0.717, 1.165) is 35.7 Å². The highest BCUT2D eigenvalue weighted by molar-refractivity contribution is 5.52. The van der Waals surface area contributed by atoms with E-state index in [9.17, 15) is 0 Å². The van der Waals surface area contributed by atoms with Gasteiger partial charge in [0, 0.05) is 42.4 Å². The monoisotopic (exact) mass is 256 g/mol. The predicted molar refractivity (Wildman–Crippen MR) is 77.8 cm³/mol. The van der Waals surface area contributed by atoms with Gasteiger partial charge in [-0.05, 0) is 32.0 Å². The normalized spacial score (nSPS) is 10.5. The number of aromatic nitrogens is 2. The molecule has 0 bridgehead atoms. The molecule has 100 valence electrons. The van der Waals surface area contributed by atoms with Crippen molar-refractivity contribution in [2.24, 2.45) is 5.73 Å². The number of hydrogen-bond donors (Lipinski definition) is 1. The van der Waals surface area contributed by atoms with Crippen LogP contribution in [0, 0.1) is 6.92 Å². The summed E-state index contributed by atoms with van der Waals surface area (Å²) in [5, 5.41) is 0. The fraction of sp³-hybridized carbons (Fsp3) is 0.333. The van der Waals surface area contributed by atoms with Crippen LogP contribution in [0.2, 0.25) is 0 Å². The number of rotatable bonds is 5. The number of pyridine rings is 2. The molecule has 2 rings (SSSR count). The van der Waals surface area contributed by atoms with Crippen molar-refractivity contribution in [2.75, 3.05) is 11.4 Å². The highest BCUT2D eigenvalue weighted by Gasteiger charge is 2.10. The van der Waals surface area contributed by atoms with Gasteiger partial charge in [0.2, 0.25) is 0 Å². The Labute approximate surface area is 114 Å². The summed E-state index contributed by atoms with van der Waals surface area (Å²) in [6, 6.07) is 8.12. The Morgan fingerprint density at radius 2 is 2.11 bits per heavy atom. The minimum absolute atomic E-state index is 0.501. The average molecular weight is 256 g/mol. The first-order valence-corrected chi connectivity index (χ1v) is 6.55. The minimum Gasteiger partial charge on any atom is -0.366 e. The average Bonchev–Trinajstić information content (AvgIpc) is 2.45. The molecule has 19 heavy (non-hydrogen) atoms. The van der Waals surface area contributed by atoms with Crippen LogP contribution in [0.5, 0.6) is 0 Å². The highest BCUT2D eigenvalue weighted by atomic mass is 15.1. The number of nitrogens with two attached hydrogens (primary N) is 1. The molecule has 0 spiro atoms. The van der Waals surface area contributed by atoms with Crippen molar-refractivity contribution in [3.63, 3.8) is 0 Å². The molecule has 0 unspecified atom stereocenters. The molecule has 0 atom stereocenters. The molecule has 0 saturated heterocycles. The fourth-order valence-corrected chi connectivity index (χ4v) is 2.14. The third kappa shape index (κ3) is 3.29. The largest absolute Gasteiger partial charge is 0.366 e. The standard InChI is InChI=1S/C15H20N4/c1-3-19(11-14-6-4-5-12(2)18-14)15-7-8-17-10-13(15)9-16/h4-8,10H,3,9,11,16H2,1-2H3. The van der Waals surface area contributed by atoms with E-state index in [4.69, 9.17) is 5.73 Å². The van der Waals surface area contributed by atoms with E-state index in [1.165, 1.54) is 0 Å². The highest BCUT2D eigenvalue weighted by Crippen LogP contribution is 2.20. The Balaban J connectivity index is 2.25. The van der Waals surface area contributed by atoms with Gasteiger partial charge in [0.15, 0.2) is 0 Å². The molecule has 0 amide bonds. The van der Waals surface area contributed by atoms with Crippen LogP contribution in [0.25, 0.3) is 0 Å².